The van der Waals surface area contributed by atoms with Crippen molar-refractivity contribution >= 4 is 17.7 Å². The van der Waals surface area contributed by atoms with Crippen molar-refractivity contribution in [3.05, 3.63) is 47.7 Å². The van der Waals surface area contributed by atoms with Gasteiger partial charge in [-0.25, -0.2) is 4.79 Å². The van der Waals surface area contributed by atoms with E-state index in [1.54, 1.807) is 0 Å². The van der Waals surface area contributed by atoms with Crippen LogP contribution in [0.4, 0.5) is 0 Å². The normalized spacial score (nSPS) is 29.5. The van der Waals surface area contributed by atoms with Crippen molar-refractivity contribution in [1.82, 2.24) is 0 Å². The van der Waals surface area contributed by atoms with E-state index in [4.69, 9.17) is 18.9 Å². The van der Waals surface area contributed by atoms with Gasteiger partial charge in [0.05, 0.1) is 26.7 Å². The monoisotopic (exact) mass is 372 g/mol. The van der Waals surface area contributed by atoms with Crippen LogP contribution in [0.15, 0.2) is 42.2 Å². The van der Waals surface area contributed by atoms with Crippen molar-refractivity contribution < 1.29 is 33.3 Å². The van der Waals surface area contributed by atoms with Gasteiger partial charge in [-0.2, -0.15) is 0 Å². The summed E-state index contributed by atoms with van der Waals surface area (Å²) in [5.41, 5.74) is -0.646. The van der Waals surface area contributed by atoms with Gasteiger partial charge in [0.1, 0.15) is 5.41 Å². The third-order valence-corrected chi connectivity index (χ3v) is 5.60. The molecule has 0 radical (unpaired) electrons. The quantitative estimate of drug-likeness (QED) is 0.578. The fourth-order valence-corrected chi connectivity index (χ4v) is 4.20. The molecule has 7 heteroatoms. The molecule has 2 fully saturated rings. The maximum absolute atomic E-state index is 13.3. The molecule has 0 aromatic heterocycles. The fourth-order valence-electron chi connectivity index (χ4n) is 4.20. The van der Waals surface area contributed by atoms with Gasteiger partial charge in [0.25, 0.3) is 0 Å². The van der Waals surface area contributed by atoms with E-state index >= 15 is 0 Å². The first-order valence-corrected chi connectivity index (χ1v) is 8.89. The maximum Gasteiger partial charge on any atom is 0.373 e. The van der Waals surface area contributed by atoms with Crippen LogP contribution in [0.1, 0.15) is 30.7 Å². The first kappa shape index (κ1) is 17.9. The lowest BCUT2D eigenvalue weighted by Gasteiger charge is -2.45. The summed E-state index contributed by atoms with van der Waals surface area (Å²) in [7, 11) is 1.21. The first-order chi connectivity index (χ1) is 13.0. The van der Waals surface area contributed by atoms with Crippen LogP contribution in [-0.2, 0) is 33.3 Å². The van der Waals surface area contributed by atoms with Crippen molar-refractivity contribution in [1.29, 1.82) is 0 Å². The van der Waals surface area contributed by atoms with E-state index in [1.165, 1.54) is 13.2 Å². The van der Waals surface area contributed by atoms with Gasteiger partial charge < -0.3 is 18.9 Å². The Morgan fingerprint density at radius 3 is 2.44 bits per heavy atom. The van der Waals surface area contributed by atoms with Crippen molar-refractivity contribution in [2.45, 2.75) is 31.0 Å². The molecule has 1 aromatic rings. The lowest BCUT2D eigenvalue weighted by atomic mass is 9.60. The van der Waals surface area contributed by atoms with Crippen LogP contribution in [0.5, 0.6) is 0 Å². The molecule has 1 aliphatic carbocycles. The zero-order valence-electron chi connectivity index (χ0n) is 14.9. The summed E-state index contributed by atoms with van der Waals surface area (Å²) >= 11 is 0. The molecule has 7 nitrogen and oxygen atoms in total. The molecule has 27 heavy (non-hydrogen) atoms. The molecule has 0 unspecified atom stereocenters. The van der Waals surface area contributed by atoms with Gasteiger partial charge in [-0.15, -0.1) is 0 Å². The van der Waals surface area contributed by atoms with Crippen molar-refractivity contribution in [2.75, 3.05) is 20.3 Å². The molecule has 2 atom stereocenters. The second-order valence-corrected chi connectivity index (χ2v) is 6.98. The Kier molecular flexibility index (Phi) is 4.36. The molecule has 1 saturated carbocycles. The van der Waals surface area contributed by atoms with E-state index < -0.39 is 29.1 Å². The van der Waals surface area contributed by atoms with Gasteiger partial charge in [0, 0.05) is 12.3 Å². The second-order valence-electron chi connectivity index (χ2n) is 6.98. The van der Waals surface area contributed by atoms with Gasteiger partial charge in [-0.1, -0.05) is 30.3 Å². The number of ketones is 1. The number of methoxy groups -OCH3 is 1. The summed E-state index contributed by atoms with van der Waals surface area (Å²) in [4.78, 5) is 38.2. The second kappa shape index (κ2) is 6.58. The number of Topliss-reactive ketones (excluding diaryl/α,β-unsaturated/α-hetero) is 1. The minimum Gasteiger partial charge on any atom is -0.463 e. The number of ether oxygens (including phenoxy) is 4. The third kappa shape index (κ3) is 2.78. The number of hydrogen-bond donors (Lipinski definition) is 0. The number of cyclic esters (lactones) is 1. The number of hydrogen-bond acceptors (Lipinski definition) is 7. The lowest BCUT2D eigenvalue weighted by Crippen LogP contribution is -2.55. The van der Waals surface area contributed by atoms with Crippen LogP contribution in [0, 0.1) is 5.41 Å². The van der Waals surface area contributed by atoms with Gasteiger partial charge in [-0.3, -0.25) is 9.59 Å². The molecule has 4 rings (SSSR count). The molecule has 0 N–H and O–H groups in total. The first-order valence-electron chi connectivity index (χ1n) is 8.89. The zero-order chi connectivity index (χ0) is 19.1. The van der Waals surface area contributed by atoms with Gasteiger partial charge in [-0.05, 0) is 18.1 Å². The van der Waals surface area contributed by atoms with Crippen molar-refractivity contribution in [2.24, 2.45) is 5.41 Å². The summed E-state index contributed by atoms with van der Waals surface area (Å²) in [6, 6.07) is 9.16. The Bertz CT molecular complexity index is 807. The molecule has 0 bridgehead atoms. The van der Waals surface area contributed by atoms with E-state index in [1.807, 2.05) is 30.3 Å². The van der Waals surface area contributed by atoms with Gasteiger partial charge >= 0.3 is 11.9 Å². The Labute approximate surface area is 156 Å². The number of esters is 2. The van der Waals surface area contributed by atoms with Crippen LogP contribution in [0.2, 0.25) is 0 Å². The molecule has 2 spiro atoms. The van der Waals surface area contributed by atoms with E-state index in [2.05, 4.69) is 0 Å². The molecular weight excluding hydrogens is 352 g/mol. The fraction of sp³-hybridized carbons (Fsp3) is 0.450. The van der Waals surface area contributed by atoms with Gasteiger partial charge in [0.2, 0.25) is 5.76 Å². The summed E-state index contributed by atoms with van der Waals surface area (Å²) in [5.74, 6) is -3.53. The molecule has 3 aliphatic rings. The van der Waals surface area contributed by atoms with E-state index in [9.17, 15) is 14.4 Å². The number of benzene rings is 1. The average Bonchev–Trinajstić information content (AvgIpc) is 3.14. The van der Waals surface area contributed by atoms with E-state index in [0.717, 1.165) is 5.56 Å². The highest BCUT2D eigenvalue weighted by Gasteiger charge is 2.61. The highest BCUT2D eigenvalue weighted by molar-refractivity contribution is 6.08. The Hall–Kier alpha value is -2.51. The summed E-state index contributed by atoms with van der Waals surface area (Å²) < 4.78 is 21.3. The molecule has 0 amide bonds. The molecular formula is C20H20O7. The third-order valence-electron chi connectivity index (χ3n) is 5.60. The summed E-state index contributed by atoms with van der Waals surface area (Å²) in [5, 5.41) is 0. The van der Waals surface area contributed by atoms with Crippen molar-refractivity contribution in [3.63, 3.8) is 0 Å². The topological polar surface area (TPSA) is 88.1 Å². The smallest absolute Gasteiger partial charge is 0.373 e. The highest BCUT2D eigenvalue weighted by atomic mass is 16.7. The number of carbonyl (C=O) groups excluding carboxylic acids is 3. The lowest BCUT2D eigenvalue weighted by molar-refractivity contribution is -0.200. The molecule has 2 heterocycles. The van der Waals surface area contributed by atoms with Crippen LogP contribution in [-0.4, -0.2) is 43.8 Å². The van der Waals surface area contributed by atoms with E-state index in [-0.39, 0.29) is 24.4 Å². The largest absolute Gasteiger partial charge is 0.463 e. The molecule has 2 aliphatic heterocycles. The summed E-state index contributed by atoms with van der Waals surface area (Å²) in [6.45, 7) is 0.860. The Morgan fingerprint density at radius 2 is 1.81 bits per heavy atom. The Balaban J connectivity index is 1.78. The van der Waals surface area contributed by atoms with Crippen LogP contribution >= 0.6 is 0 Å². The van der Waals surface area contributed by atoms with Crippen LogP contribution in [0.3, 0.4) is 0 Å². The molecule has 142 valence electrons. The summed E-state index contributed by atoms with van der Waals surface area (Å²) in [6.07, 6.45) is 2.12. The maximum atomic E-state index is 13.3. The predicted octanol–water partition coefficient (Wildman–Crippen LogP) is 1.87. The average molecular weight is 372 g/mol. The number of rotatable bonds is 2. The molecule has 1 saturated heterocycles. The minimum absolute atomic E-state index is 0.0210. The SMILES string of the molecule is COC(=O)C1=C[C@H](c2ccccc2)[C@]2(CCC3(CC2=O)OCCO3)C(=O)O1. The van der Waals surface area contributed by atoms with E-state index in [0.29, 0.717) is 19.6 Å². The number of carbonyl (C=O) groups is 3. The standard InChI is InChI=1S/C20H20O7/c1-24-17(22)15-11-14(13-5-3-2-4-6-13)20(18(23)27-15)8-7-19(12-16(20)21)25-9-10-26-19/h2-6,11,14H,7-10,12H2,1H3/t14-,20+/m1/s1. The Morgan fingerprint density at radius 1 is 1.11 bits per heavy atom. The van der Waals surface area contributed by atoms with Crippen molar-refractivity contribution in [3.8, 4) is 0 Å². The zero-order valence-corrected chi connectivity index (χ0v) is 14.9. The molecule has 1 aromatic carbocycles. The number of allylic oxidation sites excluding steroid dienone is 1. The highest BCUT2D eigenvalue weighted by Crippen LogP contribution is 2.53. The predicted molar refractivity (Wildman–Crippen MR) is 91.3 cm³/mol. The minimum atomic E-state index is -1.40. The van der Waals surface area contributed by atoms with Crippen LogP contribution in [0.25, 0.3) is 0 Å². The van der Waals surface area contributed by atoms with Crippen LogP contribution < -0.4 is 0 Å². The van der Waals surface area contributed by atoms with Gasteiger partial charge in [0.15, 0.2) is 11.6 Å².